The molecule has 0 unspecified atom stereocenters. The summed E-state index contributed by atoms with van der Waals surface area (Å²) in [6, 6.07) is 32.6. The van der Waals surface area contributed by atoms with Crippen LogP contribution in [-0.2, 0) is 6.54 Å². The lowest BCUT2D eigenvalue weighted by atomic mass is 10.0. The number of aromatic nitrogens is 1. The Labute approximate surface area is 206 Å². The second-order valence-corrected chi connectivity index (χ2v) is 9.32. The van der Waals surface area contributed by atoms with E-state index in [2.05, 4.69) is 0 Å². The first-order chi connectivity index (χ1) is 16.6. The fourth-order valence-electron chi connectivity index (χ4n) is 3.94. The summed E-state index contributed by atoms with van der Waals surface area (Å²) in [5.74, 6) is -0.214. The van der Waals surface area contributed by atoms with Crippen molar-refractivity contribution in [2.24, 2.45) is 0 Å². The maximum atomic E-state index is 13.5. The van der Waals surface area contributed by atoms with Gasteiger partial charge in [-0.15, -0.1) is 0 Å². The van der Waals surface area contributed by atoms with Gasteiger partial charge in [-0.2, -0.15) is 0 Å². The fraction of sp³-hybridized carbons (Fsp3) is 0.0345. The minimum absolute atomic E-state index is 0.214. The molecule has 0 aliphatic carbocycles. The first kappa shape index (κ1) is 22.1. The van der Waals surface area contributed by atoms with E-state index in [9.17, 15) is 9.59 Å². The van der Waals surface area contributed by atoms with Gasteiger partial charge in [0, 0.05) is 5.56 Å². The van der Waals surface area contributed by atoms with Crippen LogP contribution in [0, 0.1) is 0 Å². The Morgan fingerprint density at radius 2 is 1.47 bits per heavy atom. The van der Waals surface area contributed by atoms with Gasteiger partial charge in [0.1, 0.15) is 4.88 Å². The normalized spacial score (nSPS) is 11.6. The molecule has 166 valence electrons. The molecule has 0 radical (unpaired) electrons. The van der Waals surface area contributed by atoms with Crippen LogP contribution in [0.2, 0.25) is 0 Å². The van der Waals surface area contributed by atoms with Crippen molar-refractivity contribution in [2.45, 2.75) is 6.54 Å². The molecular formula is C29H20ClNO2S. The smallest absolute Gasteiger partial charge is 0.270 e. The van der Waals surface area contributed by atoms with E-state index in [4.69, 9.17) is 11.6 Å². The number of halogens is 1. The van der Waals surface area contributed by atoms with Crippen LogP contribution in [0.1, 0.15) is 31.9 Å². The number of hydrogen-bond donors (Lipinski definition) is 0. The van der Waals surface area contributed by atoms with Crippen LogP contribution in [0.15, 0.2) is 108 Å². The zero-order chi connectivity index (χ0) is 23.5. The molecule has 0 bridgehead atoms. The monoisotopic (exact) mass is 481 g/mol. The molecule has 34 heavy (non-hydrogen) atoms. The molecule has 0 atom stereocenters. The lowest BCUT2D eigenvalue weighted by Crippen LogP contribution is -2.17. The second-order valence-electron chi connectivity index (χ2n) is 7.88. The Bertz CT molecular complexity index is 1560. The van der Waals surface area contributed by atoms with Crippen molar-refractivity contribution in [3.63, 3.8) is 0 Å². The van der Waals surface area contributed by atoms with Gasteiger partial charge in [0.25, 0.3) is 5.56 Å². The molecule has 4 aromatic carbocycles. The topological polar surface area (TPSA) is 39.1 Å². The first-order valence-electron chi connectivity index (χ1n) is 10.8. The van der Waals surface area contributed by atoms with Crippen molar-refractivity contribution in [1.29, 1.82) is 0 Å². The standard InChI is InChI=1S/C29H20ClNO2S/c30-25(18-23-16-9-15-21-12-7-8-17-24(21)23)26-28(27(32)22-13-5-2-6-14-22)34-31(29(26)33)19-20-10-3-1-4-11-20/h1-18H,19H2/b25-18-. The predicted octanol–water partition coefficient (Wildman–Crippen LogP) is 7.08. The van der Waals surface area contributed by atoms with Crippen LogP contribution in [0.3, 0.4) is 0 Å². The summed E-state index contributed by atoms with van der Waals surface area (Å²) in [7, 11) is 0. The average molecular weight is 482 g/mol. The van der Waals surface area contributed by atoms with Crippen LogP contribution >= 0.6 is 23.1 Å². The highest BCUT2D eigenvalue weighted by atomic mass is 35.5. The van der Waals surface area contributed by atoms with E-state index in [1.165, 1.54) is 0 Å². The predicted molar refractivity (Wildman–Crippen MR) is 142 cm³/mol. The van der Waals surface area contributed by atoms with Gasteiger partial charge in [0.2, 0.25) is 5.78 Å². The molecule has 5 aromatic rings. The second kappa shape index (κ2) is 9.64. The third-order valence-electron chi connectivity index (χ3n) is 5.62. The lowest BCUT2D eigenvalue weighted by molar-refractivity contribution is 0.104. The Hall–Kier alpha value is -3.73. The molecule has 0 fully saturated rings. The molecule has 0 saturated heterocycles. The van der Waals surface area contributed by atoms with E-state index in [1.807, 2.05) is 91.0 Å². The number of ketones is 1. The SMILES string of the molecule is O=C(c1ccccc1)c1sn(Cc2ccccc2)c(=O)c1/C(Cl)=C/c1cccc2ccccc12. The minimum atomic E-state index is -0.269. The Morgan fingerprint density at radius 1 is 0.824 bits per heavy atom. The quantitative estimate of drug-likeness (QED) is 0.243. The van der Waals surface area contributed by atoms with Gasteiger partial charge in [-0.3, -0.25) is 13.5 Å². The Kier molecular flexibility index (Phi) is 6.26. The minimum Gasteiger partial charge on any atom is -0.288 e. The molecule has 1 heterocycles. The van der Waals surface area contributed by atoms with E-state index in [0.29, 0.717) is 17.0 Å². The van der Waals surface area contributed by atoms with Gasteiger partial charge in [0.15, 0.2) is 0 Å². The van der Waals surface area contributed by atoms with Gasteiger partial charge >= 0.3 is 0 Å². The number of benzene rings is 4. The zero-order valence-corrected chi connectivity index (χ0v) is 19.7. The summed E-state index contributed by atoms with van der Waals surface area (Å²) in [5.41, 5.74) is 2.36. The maximum absolute atomic E-state index is 13.5. The molecule has 3 nitrogen and oxygen atoms in total. The summed E-state index contributed by atoms with van der Waals surface area (Å²) in [6.07, 6.45) is 1.78. The maximum Gasteiger partial charge on any atom is 0.270 e. The van der Waals surface area contributed by atoms with E-state index in [1.54, 1.807) is 22.2 Å². The number of carbonyl (C=O) groups is 1. The summed E-state index contributed by atoms with van der Waals surface area (Å²) in [6.45, 7) is 0.373. The summed E-state index contributed by atoms with van der Waals surface area (Å²) >= 11 is 7.96. The van der Waals surface area contributed by atoms with E-state index < -0.39 is 0 Å². The average Bonchev–Trinajstić information content (AvgIpc) is 3.20. The number of fused-ring (bicyclic) bond motifs is 1. The van der Waals surface area contributed by atoms with Crippen molar-refractivity contribution in [3.05, 3.63) is 141 Å². The highest BCUT2D eigenvalue weighted by molar-refractivity contribution is 7.09. The van der Waals surface area contributed by atoms with Gasteiger partial charge in [-0.1, -0.05) is 126 Å². The van der Waals surface area contributed by atoms with E-state index in [0.717, 1.165) is 33.4 Å². The van der Waals surface area contributed by atoms with Crippen molar-refractivity contribution in [3.8, 4) is 0 Å². The van der Waals surface area contributed by atoms with Crippen molar-refractivity contribution < 1.29 is 4.79 Å². The van der Waals surface area contributed by atoms with Crippen LogP contribution < -0.4 is 5.56 Å². The summed E-state index contributed by atoms with van der Waals surface area (Å²) < 4.78 is 1.60. The molecule has 0 aliphatic heterocycles. The highest BCUT2D eigenvalue weighted by Crippen LogP contribution is 2.30. The number of rotatable bonds is 6. The van der Waals surface area contributed by atoms with E-state index >= 15 is 0 Å². The molecule has 0 spiro atoms. The molecule has 5 heteroatoms. The molecule has 0 amide bonds. The van der Waals surface area contributed by atoms with Gasteiger partial charge in [-0.25, -0.2) is 0 Å². The molecule has 1 aromatic heterocycles. The molecule has 0 N–H and O–H groups in total. The third-order valence-corrected chi connectivity index (χ3v) is 7.01. The van der Waals surface area contributed by atoms with Gasteiger partial charge < -0.3 is 0 Å². The van der Waals surface area contributed by atoms with Crippen molar-refractivity contribution in [2.75, 3.05) is 0 Å². The lowest BCUT2D eigenvalue weighted by Gasteiger charge is -2.04. The van der Waals surface area contributed by atoms with Crippen LogP contribution in [0.25, 0.3) is 21.9 Å². The molecule has 0 saturated carbocycles. The molecule has 0 aliphatic rings. The Morgan fingerprint density at radius 3 is 2.24 bits per heavy atom. The van der Waals surface area contributed by atoms with E-state index in [-0.39, 0.29) is 21.9 Å². The van der Waals surface area contributed by atoms with Crippen LogP contribution in [0.4, 0.5) is 0 Å². The van der Waals surface area contributed by atoms with Gasteiger partial charge in [-0.05, 0) is 28.0 Å². The number of hydrogen-bond acceptors (Lipinski definition) is 3. The molecule has 5 rings (SSSR count). The fourth-order valence-corrected chi connectivity index (χ4v) is 5.39. The van der Waals surface area contributed by atoms with Crippen molar-refractivity contribution >= 4 is 50.8 Å². The number of nitrogens with zero attached hydrogens (tertiary/aromatic N) is 1. The third kappa shape index (κ3) is 4.38. The Balaban J connectivity index is 1.65. The molecular weight excluding hydrogens is 462 g/mol. The largest absolute Gasteiger partial charge is 0.288 e. The van der Waals surface area contributed by atoms with Gasteiger partial charge in [0.05, 0.1) is 17.1 Å². The zero-order valence-electron chi connectivity index (χ0n) is 18.1. The van der Waals surface area contributed by atoms with Crippen LogP contribution in [-0.4, -0.2) is 9.74 Å². The number of carbonyl (C=O) groups excluding carboxylic acids is 1. The van der Waals surface area contributed by atoms with Crippen molar-refractivity contribution in [1.82, 2.24) is 3.96 Å². The summed E-state index contributed by atoms with van der Waals surface area (Å²) in [4.78, 5) is 27.3. The first-order valence-corrected chi connectivity index (χ1v) is 12.0. The highest BCUT2D eigenvalue weighted by Gasteiger charge is 2.24. The van der Waals surface area contributed by atoms with Crippen LogP contribution in [0.5, 0.6) is 0 Å². The summed E-state index contributed by atoms with van der Waals surface area (Å²) in [5, 5.41) is 2.36.